The van der Waals surface area contributed by atoms with Crippen LogP contribution in [0.2, 0.25) is 5.02 Å². The second-order valence-electron chi connectivity index (χ2n) is 8.62. The molecule has 0 bridgehead atoms. The SMILES string of the molecule is COc1ncccc1OCC(=O)N1CCC(c2nc(C3=NOC(c4c(Cl)ccc(F)c4F)C3)cs2)CC1. The van der Waals surface area contributed by atoms with Gasteiger partial charge in [-0.15, -0.1) is 11.3 Å². The van der Waals surface area contributed by atoms with Crippen LogP contribution in [0.1, 0.15) is 47.5 Å². The lowest BCUT2D eigenvalue weighted by molar-refractivity contribution is -0.134. The summed E-state index contributed by atoms with van der Waals surface area (Å²) in [5, 5.41) is 6.98. The minimum absolute atomic E-state index is 0.0427. The quantitative estimate of drug-likeness (QED) is 0.381. The van der Waals surface area contributed by atoms with E-state index in [2.05, 4.69) is 10.1 Å². The zero-order valence-corrected chi connectivity index (χ0v) is 21.4. The number of hydrogen-bond acceptors (Lipinski definition) is 8. The number of ether oxygens (including phenoxy) is 2. The molecule has 0 radical (unpaired) electrons. The van der Waals surface area contributed by atoms with Gasteiger partial charge in [0.25, 0.3) is 11.8 Å². The standard InChI is InChI=1S/C25H23ClF2N4O4S/c1-34-24-19(3-2-8-29-24)35-12-21(33)32-9-6-14(7-10-32)25-30-18(13-37-25)17-11-20(36-31-17)22-15(26)4-5-16(27)23(22)28/h2-5,8,13-14,20H,6-7,9-12H2,1H3. The Morgan fingerprint density at radius 3 is 2.86 bits per heavy atom. The largest absolute Gasteiger partial charge is 0.478 e. The van der Waals surface area contributed by atoms with E-state index < -0.39 is 17.7 Å². The van der Waals surface area contributed by atoms with Gasteiger partial charge in [0.1, 0.15) is 5.71 Å². The number of carbonyl (C=O) groups is 1. The van der Waals surface area contributed by atoms with Crippen LogP contribution in [-0.2, 0) is 9.63 Å². The molecule has 4 heterocycles. The minimum atomic E-state index is -1.03. The fourth-order valence-corrected chi connectivity index (χ4v) is 5.64. The topological polar surface area (TPSA) is 86.1 Å². The van der Waals surface area contributed by atoms with E-state index in [1.807, 2.05) is 5.38 Å². The lowest BCUT2D eigenvalue weighted by Crippen LogP contribution is -2.40. The number of oxime groups is 1. The highest BCUT2D eigenvalue weighted by Crippen LogP contribution is 2.37. The molecule has 3 aromatic rings. The Balaban J connectivity index is 1.15. The van der Waals surface area contributed by atoms with Gasteiger partial charge in [-0.1, -0.05) is 16.8 Å². The van der Waals surface area contributed by atoms with Crippen molar-refractivity contribution in [3.8, 4) is 11.6 Å². The third-order valence-corrected chi connectivity index (χ3v) is 7.70. The van der Waals surface area contributed by atoms with Crippen molar-refractivity contribution in [1.29, 1.82) is 0 Å². The van der Waals surface area contributed by atoms with E-state index >= 15 is 0 Å². The van der Waals surface area contributed by atoms with E-state index in [0.29, 0.717) is 36.1 Å². The van der Waals surface area contributed by atoms with Crippen molar-refractivity contribution in [2.24, 2.45) is 5.16 Å². The third kappa shape index (κ3) is 5.37. The number of rotatable bonds is 7. The average molecular weight is 549 g/mol. The Morgan fingerprint density at radius 2 is 2.08 bits per heavy atom. The molecule has 194 valence electrons. The molecule has 0 saturated carbocycles. The normalized spacial score (nSPS) is 17.9. The van der Waals surface area contributed by atoms with Crippen LogP contribution < -0.4 is 9.47 Å². The fourth-order valence-electron chi connectivity index (χ4n) is 4.37. The Morgan fingerprint density at radius 1 is 1.27 bits per heavy atom. The number of pyridine rings is 1. The van der Waals surface area contributed by atoms with E-state index in [1.165, 1.54) is 24.5 Å². The first-order chi connectivity index (χ1) is 17.9. The maximum atomic E-state index is 14.3. The summed E-state index contributed by atoms with van der Waals surface area (Å²) < 4.78 is 38.8. The van der Waals surface area contributed by atoms with Crippen LogP contribution >= 0.6 is 22.9 Å². The van der Waals surface area contributed by atoms with Crippen molar-refractivity contribution in [1.82, 2.24) is 14.9 Å². The Bertz CT molecular complexity index is 1330. The summed E-state index contributed by atoms with van der Waals surface area (Å²) in [5.74, 6) is -1.15. The number of amides is 1. The number of likely N-dealkylation sites (tertiary alicyclic amines) is 1. The first-order valence-electron chi connectivity index (χ1n) is 11.7. The molecule has 37 heavy (non-hydrogen) atoms. The van der Waals surface area contributed by atoms with Crippen LogP contribution in [0.25, 0.3) is 0 Å². The number of benzene rings is 1. The Labute approximate surface area is 220 Å². The molecule has 1 saturated heterocycles. The van der Waals surface area contributed by atoms with Crippen molar-refractivity contribution in [2.45, 2.75) is 31.3 Å². The number of nitrogens with zero attached hydrogens (tertiary/aromatic N) is 4. The number of halogens is 3. The van der Waals surface area contributed by atoms with Crippen LogP contribution in [-0.4, -0.2) is 53.3 Å². The number of hydrogen-bond donors (Lipinski definition) is 0. The number of aromatic nitrogens is 2. The zero-order chi connectivity index (χ0) is 25.9. The van der Waals surface area contributed by atoms with E-state index in [0.717, 1.165) is 23.9 Å². The summed E-state index contributed by atoms with van der Waals surface area (Å²) >= 11 is 7.60. The van der Waals surface area contributed by atoms with Gasteiger partial charge in [-0.05, 0) is 37.1 Å². The number of thiazole rings is 1. The molecule has 1 atom stereocenters. The molecule has 1 amide bonds. The summed E-state index contributed by atoms with van der Waals surface area (Å²) in [6.45, 7) is 1.09. The van der Waals surface area contributed by atoms with Crippen LogP contribution in [0, 0.1) is 11.6 Å². The van der Waals surface area contributed by atoms with Crippen LogP contribution in [0.3, 0.4) is 0 Å². The van der Waals surface area contributed by atoms with E-state index in [-0.39, 0.29) is 35.4 Å². The molecule has 2 aliphatic rings. The predicted octanol–water partition coefficient (Wildman–Crippen LogP) is 5.13. The molecule has 0 N–H and O–H groups in total. The number of piperidine rings is 1. The average Bonchev–Trinajstić information content (AvgIpc) is 3.60. The fraction of sp³-hybridized carbons (Fsp3) is 0.360. The van der Waals surface area contributed by atoms with Gasteiger partial charge in [0.15, 0.2) is 30.1 Å². The first kappa shape index (κ1) is 25.3. The van der Waals surface area contributed by atoms with Gasteiger partial charge in [0.2, 0.25) is 0 Å². The molecular weight excluding hydrogens is 526 g/mol. The number of carbonyl (C=O) groups excluding carboxylic acids is 1. The van der Waals surface area contributed by atoms with Gasteiger partial charge in [-0.3, -0.25) is 4.79 Å². The molecule has 1 aromatic carbocycles. The predicted molar refractivity (Wildman–Crippen MR) is 133 cm³/mol. The van der Waals surface area contributed by atoms with Gasteiger partial charge in [-0.2, -0.15) is 0 Å². The van der Waals surface area contributed by atoms with Crippen molar-refractivity contribution in [3.63, 3.8) is 0 Å². The molecule has 0 spiro atoms. The third-order valence-electron chi connectivity index (χ3n) is 6.37. The smallest absolute Gasteiger partial charge is 0.260 e. The second kappa shape index (κ2) is 11.0. The van der Waals surface area contributed by atoms with Gasteiger partial charge in [0, 0.05) is 37.0 Å². The Hall–Kier alpha value is -3.31. The van der Waals surface area contributed by atoms with Crippen molar-refractivity contribution in [2.75, 3.05) is 26.8 Å². The van der Waals surface area contributed by atoms with Crippen LogP contribution in [0.5, 0.6) is 11.6 Å². The van der Waals surface area contributed by atoms with Crippen molar-refractivity contribution in [3.05, 3.63) is 68.8 Å². The molecule has 0 aliphatic carbocycles. The van der Waals surface area contributed by atoms with Crippen molar-refractivity contribution >= 4 is 34.6 Å². The lowest BCUT2D eigenvalue weighted by atomic mass is 9.97. The molecule has 5 rings (SSSR count). The number of methoxy groups -OCH3 is 1. The van der Waals surface area contributed by atoms with Gasteiger partial charge < -0.3 is 19.2 Å². The van der Waals surface area contributed by atoms with Crippen LogP contribution in [0.4, 0.5) is 8.78 Å². The maximum absolute atomic E-state index is 14.3. The minimum Gasteiger partial charge on any atom is -0.478 e. The highest BCUT2D eigenvalue weighted by Gasteiger charge is 2.32. The van der Waals surface area contributed by atoms with Gasteiger partial charge >= 0.3 is 0 Å². The summed E-state index contributed by atoms with van der Waals surface area (Å²) in [7, 11) is 1.50. The summed E-state index contributed by atoms with van der Waals surface area (Å²) in [6.07, 6.45) is 2.55. The molecule has 2 aromatic heterocycles. The van der Waals surface area contributed by atoms with E-state index in [9.17, 15) is 13.6 Å². The van der Waals surface area contributed by atoms with Gasteiger partial charge in [0.05, 0.1) is 28.4 Å². The lowest BCUT2D eigenvalue weighted by Gasteiger charge is -2.31. The monoisotopic (exact) mass is 548 g/mol. The molecular formula is C25H23ClF2N4O4S. The summed E-state index contributed by atoms with van der Waals surface area (Å²) in [5.41, 5.74) is 1.16. The summed E-state index contributed by atoms with van der Waals surface area (Å²) in [6, 6.07) is 5.70. The zero-order valence-electron chi connectivity index (χ0n) is 19.8. The summed E-state index contributed by atoms with van der Waals surface area (Å²) in [4.78, 5) is 28.6. The van der Waals surface area contributed by atoms with Gasteiger partial charge in [-0.25, -0.2) is 18.7 Å². The molecule has 2 aliphatic heterocycles. The highest BCUT2D eigenvalue weighted by atomic mass is 35.5. The maximum Gasteiger partial charge on any atom is 0.260 e. The van der Waals surface area contributed by atoms with E-state index in [4.69, 9.17) is 30.9 Å². The molecule has 8 nitrogen and oxygen atoms in total. The Kier molecular flexibility index (Phi) is 7.52. The van der Waals surface area contributed by atoms with E-state index in [1.54, 1.807) is 23.2 Å². The molecule has 1 unspecified atom stereocenters. The highest BCUT2D eigenvalue weighted by molar-refractivity contribution is 7.10. The van der Waals surface area contributed by atoms with Crippen molar-refractivity contribution < 1.29 is 27.9 Å². The molecule has 12 heteroatoms. The molecule has 1 fully saturated rings. The van der Waals surface area contributed by atoms with Crippen LogP contribution in [0.15, 0.2) is 41.0 Å². The second-order valence-corrected chi connectivity index (χ2v) is 9.92. The first-order valence-corrected chi connectivity index (χ1v) is 12.9.